The van der Waals surface area contributed by atoms with E-state index in [0.29, 0.717) is 11.3 Å². The van der Waals surface area contributed by atoms with Crippen molar-refractivity contribution in [3.63, 3.8) is 0 Å². The molecular formula is C28H24FNO6. The molecule has 1 saturated heterocycles. The predicted octanol–water partition coefficient (Wildman–Crippen LogP) is 4.95. The molecule has 184 valence electrons. The number of hydrogen-bond donors (Lipinski definition) is 1. The van der Waals surface area contributed by atoms with Crippen molar-refractivity contribution >= 4 is 29.1 Å². The number of aliphatic hydroxyl groups is 1. The van der Waals surface area contributed by atoms with Crippen molar-refractivity contribution in [2.75, 3.05) is 12.0 Å². The molecule has 1 atom stereocenters. The van der Waals surface area contributed by atoms with Gasteiger partial charge in [0.1, 0.15) is 23.1 Å². The minimum absolute atomic E-state index is 0.0713. The molecule has 1 unspecified atom stereocenters. The molecule has 1 N–H and O–H groups in total. The van der Waals surface area contributed by atoms with Crippen molar-refractivity contribution in [2.45, 2.75) is 26.3 Å². The summed E-state index contributed by atoms with van der Waals surface area (Å²) in [5, 5.41) is 11.3. The third-order valence-electron chi connectivity index (χ3n) is 5.92. The first-order chi connectivity index (χ1) is 17.2. The topological polar surface area (TPSA) is 93.1 Å². The van der Waals surface area contributed by atoms with Crippen LogP contribution in [-0.2, 0) is 20.8 Å². The van der Waals surface area contributed by atoms with Gasteiger partial charge in [0.2, 0.25) is 0 Å². The van der Waals surface area contributed by atoms with Crippen LogP contribution in [0.5, 0.6) is 11.5 Å². The smallest absolute Gasteiger partial charge is 0.308 e. The number of carbonyl (C=O) groups excluding carboxylic acids is 3. The Kier molecular flexibility index (Phi) is 6.87. The summed E-state index contributed by atoms with van der Waals surface area (Å²) in [6, 6.07) is 15.9. The molecule has 1 aliphatic heterocycles. The normalized spacial score (nSPS) is 16.8. The number of anilines is 1. The molecular weight excluding hydrogens is 465 g/mol. The maximum atomic E-state index is 14.1. The number of Topliss-reactive ketones (excluding diaryl/α,β-unsaturated/α-hetero) is 1. The van der Waals surface area contributed by atoms with Gasteiger partial charge in [0.25, 0.3) is 11.7 Å². The standard InChI is InChI=1S/C28H24FNO6/c1-4-17-8-11-20(12-9-17)30-25(18-6-5-7-21(14-18)36-16(2)31)24(27(33)28(30)34)26(32)22-15-19(29)10-13-23(22)35-3/h5-15,25,32H,4H2,1-3H3/b26-24+. The zero-order valence-corrected chi connectivity index (χ0v) is 19.9. The fourth-order valence-electron chi connectivity index (χ4n) is 4.23. The molecule has 0 radical (unpaired) electrons. The summed E-state index contributed by atoms with van der Waals surface area (Å²) in [6.07, 6.45) is 0.784. The van der Waals surface area contributed by atoms with Crippen molar-refractivity contribution in [1.29, 1.82) is 0 Å². The molecule has 8 heteroatoms. The number of ether oxygens (including phenoxy) is 2. The van der Waals surface area contributed by atoms with Crippen molar-refractivity contribution in [3.8, 4) is 11.5 Å². The van der Waals surface area contributed by atoms with Crippen LogP contribution in [0.15, 0.2) is 72.3 Å². The number of nitrogens with zero attached hydrogens (tertiary/aromatic N) is 1. The van der Waals surface area contributed by atoms with Gasteiger partial charge in [-0.05, 0) is 60.0 Å². The maximum absolute atomic E-state index is 14.1. The van der Waals surface area contributed by atoms with E-state index in [-0.39, 0.29) is 22.6 Å². The van der Waals surface area contributed by atoms with E-state index >= 15 is 0 Å². The molecule has 0 aromatic heterocycles. The highest BCUT2D eigenvalue weighted by Crippen LogP contribution is 2.44. The van der Waals surface area contributed by atoms with Gasteiger partial charge in [-0.1, -0.05) is 31.2 Å². The maximum Gasteiger partial charge on any atom is 0.308 e. The Morgan fingerprint density at radius 1 is 1.06 bits per heavy atom. The quantitative estimate of drug-likeness (QED) is 0.173. The molecule has 0 saturated carbocycles. The molecule has 0 aliphatic carbocycles. The first-order valence-electron chi connectivity index (χ1n) is 11.3. The van der Waals surface area contributed by atoms with Crippen LogP contribution in [0.1, 0.15) is 36.6 Å². The van der Waals surface area contributed by atoms with Crippen molar-refractivity contribution in [3.05, 3.63) is 94.8 Å². The van der Waals surface area contributed by atoms with Crippen LogP contribution in [0.4, 0.5) is 10.1 Å². The largest absolute Gasteiger partial charge is 0.507 e. The molecule has 36 heavy (non-hydrogen) atoms. The molecule has 0 bridgehead atoms. The highest BCUT2D eigenvalue weighted by atomic mass is 19.1. The highest BCUT2D eigenvalue weighted by Gasteiger charge is 2.47. The van der Waals surface area contributed by atoms with Gasteiger partial charge in [0, 0.05) is 12.6 Å². The SMILES string of the molecule is CCc1ccc(N2C(=O)C(=O)/C(=C(/O)c3cc(F)ccc3OC)C2c2cccc(OC(C)=O)c2)cc1. The lowest BCUT2D eigenvalue weighted by Gasteiger charge is -2.26. The molecule has 4 rings (SSSR count). The van der Waals surface area contributed by atoms with Crippen molar-refractivity contribution < 1.29 is 33.4 Å². The van der Waals surface area contributed by atoms with E-state index < -0.39 is 35.3 Å². The average Bonchev–Trinajstić information content (AvgIpc) is 3.13. The van der Waals surface area contributed by atoms with Gasteiger partial charge in [0.05, 0.1) is 24.3 Å². The Hall–Kier alpha value is -4.46. The number of amides is 1. The molecule has 1 heterocycles. The number of aryl methyl sites for hydroxylation is 1. The summed E-state index contributed by atoms with van der Waals surface area (Å²) in [4.78, 5) is 39.4. The minimum atomic E-state index is -1.08. The van der Waals surface area contributed by atoms with Crippen LogP contribution in [0.2, 0.25) is 0 Å². The summed E-state index contributed by atoms with van der Waals surface area (Å²) in [5.41, 5.74) is 1.56. The molecule has 0 spiro atoms. The van der Waals surface area contributed by atoms with Crippen molar-refractivity contribution in [1.82, 2.24) is 0 Å². The second kappa shape index (κ2) is 10.0. The molecule has 3 aromatic carbocycles. The second-order valence-corrected chi connectivity index (χ2v) is 8.20. The van der Waals surface area contributed by atoms with Gasteiger partial charge in [-0.3, -0.25) is 19.3 Å². The zero-order chi connectivity index (χ0) is 26.0. The molecule has 3 aromatic rings. The number of aliphatic hydroxyl groups excluding tert-OH is 1. The van der Waals surface area contributed by atoms with Crippen LogP contribution in [0.3, 0.4) is 0 Å². The van der Waals surface area contributed by atoms with E-state index in [0.717, 1.165) is 24.1 Å². The fourth-order valence-corrected chi connectivity index (χ4v) is 4.23. The Labute approximate surface area is 207 Å². The lowest BCUT2D eigenvalue weighted by Crippen LogP contribution is -2.29. The second-order valence-electron chi connectivity index (χ2n) is 8.20. The van der Waals surface area contributed by atoms with Gasteiger partial charge in [-0.25, -0.2) is 4.39 Å². The van der Waals surface area contributed by atoms with Crippen LogP contribution < -0.4 is 14.4 Å². The number of halogens is 1. The first kappa shape index (κ1) is 24.7. The summed E-state index contributed by atoms with van der Waals surface area (Å²) in [7, 11) is 1.35. The number of ketones is 1. The summed E-state index contributed by atoms with van der Waals surface area (Å²) >= 11 is 0. The van der Waals surface area contributed by atoms with Gasteiger partial charge in [0.15, 0.2) is 0 Å². The van der Waals surface area contributed by atoms with E-state index in [1.54, 1.807) is 30.3 Å². The van der Waals surface area contributed by atoms with Crippen LogP contribution >= 0.6 is 0 Å². The third kappa shape index (κ3) is 4.57. The van der Waals surface area contributed by atoms with Crippen LogP contribution in [0, 0.1) is 5.82 Å². The lowest BCUT2D eigenvalue weighted by atomic mass is 9.94. The minimum Gasteiger partial charge on any atom is -0.507 e. The number of esters is 1. The fraction of sp³-hybridized carbons (Fsp3) is 0.179. The Balaban J connectivity index is 1.97. The predicted molar refractivity (Wildman–Crippen MR) is 131 cm³/mol. The van der Waals surface area contributed by atoms with E-state index in [1.807, 2.05) is 19.1 Å². The first-order valence-corrected chi connectivity index (χ1v) is 11.3. The number of methoxy groups -OCH3 is 1. The van der Waals surface area contributed by atoms with E-state index in [4.69, 9.17) is 9.47 Å². The van der Waals surface area contributed by atoms with Gasteiger partial charge < -0.3 is 14.6 Å². The number of carbonyl (C=O) groups is 3. The summed E-state index contributed by atoms with van der Waals surface area (Å²) in [5.74, 6) is -3.26. The van der Waals surface area contributed by atoms with Crippen LogP contribution in [-0.4, -0.2) is 29.9 Å². The Morgan fingerprint density at radius 2 is 1.78 bits per heavy atom. The van der Waals surface area contributed by atoms with Gasteiger partial charge in [-0.2, -0.15) is 0 Å². The summed E-state index contributed by atoms with van der Waals surface area (Å²) in [6.45, 7) is 3.25. The van der Waals surface area contributed by atoms with E-state index in [9.17, 15) is 23.9 Å². The molecule has 1 amide bonds. The van der Waals surface area contributed by atoms with Gasteiger partial charge in [-0.15, -0.1) is 0 Å². The highest BCUT2D eigenvalue weighted by molar-refractivity contribution is 6.51. The number of benzene rings is 3. The van der Waals surface area contributed by atoms with E-state index in [2.05, 4.69) is 0 Å². The number of hydrogen-bond acceptors (Lipinski definition) is 6. The zero-order valence-electron chi connectivity index (χ0n) is 19.9. The third-order valence-corrected chi connectivity index (χ3v) is 5.92. The Bertz CT molecular complexity index is 1380. The van der Waals surface area contributed by atoms with Crippen LogP contribution in [0.25, 0.3) is 5.76 Å². The number of rotatable bonds is 6. The molecule has 7 nitrogen and oxygen atoms in total. The van der Waals surface area contributed by atoms with Crippen molar-refractivity contribution in [2.24, 2.45) is 0 Å². The van der Waals surface area contributed by atoms with Gasteiger partial charge >= 0.3 is 5.97 Å². The van der Waals surface area contributed by atoms with E-state index in [1.165, 1.54) is 31.1 Å². The monoisotopic (exact) mass is 489 g/mol. The molecule has 1 fully saturated rings. The lowest BCUT2D eigenvalue weighted by molar-refractivity contribution is -0.132. The Morgan fingerprint density at radius 3 is 2.42 bits per heavy atom. The summed E-state index contributed by atoms with van der Waals surface area (Å²) < 4.78 is 24.6. The molecule has 1 aliphatic rings. The average molecular weight is 489 g/mol.